The summed E-state index contributed by atoms with van der Waals surface area (Å²) >= 11 is 0. The fourth-order valence-electron chi connectivity index (χ4n) is 6.87. The SMILES string of the molecule is CCCCc1ccc2c(c1)c1cc(CCCC)cc(-c3cccc(-c4nc(-c5ccccc5)cc(-c5ccccc5)n4)c3)c1n2CC. The normalized spacial score (nSPS) is 11.5. The first-order chi connectivity index (χ1) is 23.2. The highest BCUT2D eigenvalue weighted by atomic mass is 15.0. The first-order valence-corrected chi connectivity index (χ1v) is 17.3. The van der Waals surface area contributed by atoms with E-state index in [-0.39, 0.29) is 0 Å². The van der Waals surface area contributed by atoms with Gasteiger partial charge in [0.15, 0.2) is 5.82 Å². The Hall–Kier alpha value is -5.02. The second-order valence-electron chi connectivity index (χ2n) is 12.6. The molecule has 7 rings (SSSR count). The van der Waals surface area contributed by atoms with Gasteiger partial charge in [0.25, 0.3) is 0 Å². The fourth-order valence-corrected chi connectivity index (χ4v) is 6.87. The highest BCUT2D eigenvalue weighted by molar-refractivity contribution is 6.13. The molecule has 5 aromatic carbocycles. The number of aryl methyl sites for hydroxylation is 3. The summed E-state index contributed by atoms with van der Waals surface area (Å²) in [4.78, 5) is 10.3. The van der Waals surface area contributed by atoms with Crippen molar-refractivity contribution in [3.05, 3.63) is 132 Å². The first kappa shape index (κ1) is 30.6. The second-order valence-corrected chi connectivity index (χ2v) is 12.6. The Morgan fingerprint density at radius 2 is 1.11 bits per heavy atom. The molecule has 0 bridgehead atoms. The molecule has 0 spiro atoms. The zero-order chi connectivity index (χ0) is 32.2. The van der Waals surface area contributed by atoms with Crippen molar-refractivity contribution in [3.8, 4) is 45.0 Å². The predicted octanol–water partition coefficient (Wildman–Crippen LogP) is 12.0. The van der Waals surface area contributed by atoms with Gasteiger partial charge in [0.2, 0.25) is 0 Å². The molecule has 0 atom stereocenters. The number of benzene rings is 5. The molecule has 0 aliphatic rings. The average Bonchev–Trinajstić information content (AvgIpc) is 3.46. The lowest BCUT2D eigenvalue weighted by Gasteiger charge is -2.14. The van der Waals surface area contributed by atoms with Gasteiger partial charge in [0.05, 0.1) is 16.9 Å². The Morgan fingerprint density at radius 3 is 1.74 bits per heavy atom. The molecule has 7 aromatic rings. The Balaban J connectivity index is 1.42. The van der Waals surface area contributed by atoms with Crippen molar-refractivity contribution in [2.75, 3.05) is 0 Å². The monoisotopic (exact) mass is 613 g/mol. The van der Waals surface area contributed by atoms with Crippen LogP contribution in [-0.4, -0.2) is 14.5 Å². The first-order valence-electron chi connectivity index (χ1n) is 17.3. The van der Waals surface area contributed by atoms with Crippen LogP contribution in [0.4, 0.5) is 0 Å². The smallest absolute Gasteiger partial charge is 0.160 e. The number of hydrogen-bond acceptors (Lipinski definition) is 2. The number of nitrogens with zero attached hydrogens (tertiary/aromatic N) is 3. The van der Waals surface area contributed by atoms with E-state index >= 15 is 0 Å². The number of unbranched alkanes of at least 4 members (excludes halogenated alkanes) is 2. The zero-order valence-electron chi connectivity index (χ0n) is 27.8. The fraction of sp³-hybridized carbons (Fsp3) is 0.227. The molecule has 234 valence electrons. The number of rotatable bonds is 11. The standard InChI is InChI=1S/C44H43N3/c1-4-7-16-31-24-25-42-38(26-31)39-28-32(17-8-5-2)27-37(43(39)47(42)6-3)35-22-15-23-36(29-35)44-45-40(33-18-11-9-12-19-33)30-41(46-44)34-20-13-10-14-21-34/h9-15,18-30H,4-8,16-17H2,1-3H3. The lowest BCUT2D eigenvalue weighted by Crippen LogP contribution is -1.98. The van der Waals surface area contributed by atoms with Crippen LogP contribution < -0.4 is 0 Å². The third-order valence-electron chi connectivity index (χ3n) is 9.33. The highest BCUT2D eigenvalue weighted by Gasteiger charge is 2.18. The summed E-state index contributed by atoms with van der Waals surface area (Å²) in [6, 6.07) is 43.8. The topological polar surface area (TPSA) is 30.7 Å². The van der Waals surface area contributed by atoms with Gasteiger partial charge in [-0.15, -0.1) is 0 Å². The van der Waals surface area contributed by atoms with Crippen molar-refractivity contribution in [1.82, 2.24) is 14.5 Å². The molecule has 0 radical (unpaired) electrons. The summed E-state index contributed by atoms with van der Waals surface area (Å²) < 4.78 is 2.51. The van der Waals surface area contributed by atoms with Crippen LogP contribution in [0.3, 0.4) is 0 Å². The molecule has 0 unspecified atom stereocenters. The maximum atomic E-state index is 5.14. The third-order valence-corrected chi connectivity index (χ3v) is 9.33. The maximum Gasteiger partial charge on any atom is 0.160 e. The summed E-state index contributed by atoms with van der Waals surface area (Å²) in [7, 11) is 0. The molecular weight excluding hydrogens is 571 g/mol. The van der Waals surface area contributed by atoms with Crippen LogP contribution in [0.5, 0.6) is 0 Å². The van der Waals surface area contributed by atoms with E-state index in [1.165, 1.54) is 69.7 Å². The van der Waals surface area contributed by atoms with E-state index in [0.717, 1.165) is 53.3 Å². The Kier molecular flexibility index (Phi) is 8.97. The van der Waals surface area contributed by atoms with Crippen LogP contribution in [0.15, 0.2) is 121 Å². The van der Waals surface area contributed by atoms with E-state index < -0.39 is 0 Å². The van der Waals surface area contributed by atoms with Gasteiger partial charge in [0.1, 0.15) is 0 Å². The molecule has 0 saturated heterocycles. The number of fused-ring (bicyclic) bond motifs is 3. The molecule has 3 heteroatoms. The van der Waals surface area contributed by atoms with E-state index in [0.29, 0.717) is 0 Å². The summed E-state index contributed by atoms with van der Waals surface area (Å²) in [6.45, 7) is 7.73. The van der Waals surface area contributed by atoms with Crippen molar-refractivity contribution in [2.24, 2.45) is 0 Å². The van der Waals surface area contributed by atoms with Crippen molar-refractivity contribution in [3.63, 3.8) is 0 Å². The Morgan fingerprint density at radius 1 is 0.511 bits per heavy atom. The molecule has 0 amide bonds. The van der Waals surface area contributed by atoms with E-state index in [2.05, 4.69) is 135 Å². The van der Waals surface area contributed by atoms with Gasteiger partial charge in [-0.2, -0.15) is 0 Å². The summed E-state index contributed by atoms with van der Waals surface area (Å²) in [5.41, 5.74) is 13.0. The predicted molar refractivity (Wildman–Crippen MR) is 200 cm³/mol. The average molecular weight is 614 g/mol. The minimum absolute atomic E-state index is 0.738. The van der Waals surface area contributed by atoms with Gasteiger partial charge in [0, 0.05) is 45.1 Å². The van der Waals surface area contributed by atoms with E-state index in [4.69, 9.17) is 9.97 Å². The van der Waals surface area contributed by atoms with Gasteiger partial charge in [-0.25, -0.2) is 9.97 Å². The minimum Gasteiger partial charge on any atom is -0.340 e. The van der Waals surface area contributed by atoms with Crippen molar-refractivity contribution < 1.29 is 0 Å². The lowest BCUT2D eigenvalue weighted by atomic mass is 9.95. The summed E-state index contributed by atoms with van der Waals surface area (Å²) in [5.74, 6) is 0.738. The van der Waals surface area contributed by atoms with Crippen molar-refractivity contribution in [2.45, 2.75) is 65.8 Å². The summed E-state index contributed by atoms with van der Waals surface area (Å²) in [6.07, 6.45) is 7.00. The van der Waals surface area contributed by atoms with Gasteiger partial charge in [-0.05, 0) is 85.7 Å². The third kappa shape index (κ3) is 6.23. The number of aromatic nitrogens is 3. The largest absolute Gasteiger partial charge is 0.340 e. The molecule has 2 aromatic heterocycles. The molecule has 0 aliphatic carbocycles. The van der Waals surface area contributed by atoms with Crippen LogP contribution in [0.2, 0.25) is 0 Å². The van der Waals surface area contributed by atoms with Gasteiger partial charge >= 0.3 is 0 Å². The van der Waals surface area contributed by atoms with Crippen molar-refractivity contribution in [1.29, 1.82) is 0 Å². The molecule has 0 N–H and O–H groups in total. The van der Waals surface area contributed by atoms with E-state index in [1.54, 1.807) is 0 Å². The molecule has 47 heavy (non-hydrogen) atoms. The lowest BCUT2D eigenvalue weighted by molar-refractivity contribution is 0.794. The quantitative estimate of drug-likeness (QED) is 0.145. The van der Waals surface area contributed by atoms with Crippen LogP contribution in [0, 0.1) is 0 Å². The van der Waals surface area contributed by atoms with Gasteiger partial charge in [-0.3, -0.25) is 0 Å². The van der Waals surface area contributed by atoms with Gasteiger partial charge < -0.3 is 4.57 Å². The molecule has 0 aliphatic heterocycles. The van der Waals surface area contributed by atoms with Crippen LogP contribution in [0.1, 0.15) is 57.6 Å². The maximum absolute atomic E-state index is 5.14. The Labute approximate surface area is 279 Å². The zero-order valence-corrected chi connectivity index (χ0v) is 27.8. The molecule has 0 saturated carbocycles. The minimum atomic E-state index is 0.738. The Bertz CT molecular complexity index is 2080. The molecule has 2 heterocycles. The van der Waals surface area contributed by atoms with Crippen molar-refractivity contribution >= 4 is 21.8 Å². The molecule has 3 nitrogen and oxygen atoms in total. The molecule has 0 fully saturated rings. The van der Waals surface area contributed by atoms with E-state index in [9.17, 15) is 0 Å². The highest BCUT2D eigenvalue weighted by Crippen LogP contribution is 2.39. The number of hydrogen-bond donors (Lipinski definition) is 0. The second kappa shape index (κ2) is 13.8. The van der Waals surface area contributed by atoms with Crippen LogP contribution in [0.25, 0.3) is 66.8 Å². The van der Waals surface area contributed by atoms with Crippen LogP contribution in [-0.2, 0) is 19.4 Å². The molecular formula is C44H43N3. The van der Waals surface area contributed by atoms with Gasteiger partial charge in [-0.1, -0.05) is 112 Å². The summed E-state index contributed by atoms with van der Waals surface area (Å²) in [5, 5.41) is 2.74. The van der Waals surface area contributed by atoms with Crippen LogP contribution >= 0.6 is 0 Å². The van der Waals surface area contributed by atoms with E-state index in [1.807, 2.05) is 12.1 Å².